The average Bonchev–Trinajstić information content (AvgIpc) is 3.26. The van der Waals surface area contributed by atoms with Gasteiger partial charge in [-0.3, -0.25) is 9.78 Å². The lowest BCUT2D eigenvalue weighted by atomic mass is 10.1. The molecule has 0 spiro atoms. The number of hydrogen-bond donors (Lipinski definition) is 1. The number of rotatable bonds is 8. The monoisotopic (exact) mass is 387 g/mol. The Labute approximate surface area is 170 Å². The van der Waals surface area contributed by atoms with Gasteiger partial charge in [-0.2, -0.15) is 0 Å². The maximum atomic E-state index is 12.8. The zero-order valence-electron chi connectivity index (χ0n) is 16.6. The van der Waals surface area contributed by atoms with E-state index in [-0.39, 0.29) is 5.91 Å². The van der Waals surface area contributed by atoms with Crippen LogP contribution < -0.4 is 5.32 Å². The Morgan fingerprint density at radius 3 is 2.69 bits per heavy atom. The molecule has 0 aliphatic rings. The fraction of sp³-hybridized carbons (Fsp3) is 0.250. The lowest BCUT2D eigenvalue weighted by Crippen LogP contribution is -2.28. The second-order valence-electron chi connectivity index (χ2n) is 7.20. The van der Waals surface area contributed by atoms with E-state index in [9.17, 15) is 4.79 Å². The van der Waals surface area contributed by atoms with Crippen molar-refractivity contribution in [2.24, 2.45) is 0 Å². The van der Waals surface area contributed by atoms with E-state index in [1.807, 2.05) is 43.3 Å². The second kappa shape index (κ2) is 8.78. The Kier molecular flexibility index (Phi) is 5.75. The first-order valence-corrected chi connectivity index (χ1v) is 10.0. The van der Waals surface area contributed by atoms with Crippen molar-refractivity contribution in [2.45, 2.75) is 32.7 Å². The Morgan fingerprint density at radius 2 is 1.90 bits per heavy atom. The van der Waals surface area contributed by atoms with Gasteiger partial charge >= 0.3 is 0 Å². The van der Waals surface area contributed by atoms with Crippen molar-refractivity contribution in [3.8, 4) is 0 Å². The van der Waals surface area contributed by atoms with Crippen LogP contribution in [0.2, 0.25) is 0 Å². The molecule has 0 bridgehead atoms. The van der Waals surface area contributed by atoms with Crippen LogP contribution in [0.3, 0.4) is 0 Å². The van der Waals surface area contributed by atoms with E-state index in [0.717, 1.165) is 41.9 Å². The number of nitrogens with one attached hydrogen (secondary N) is 1. The van der Waals surface area contributed by atoms with E-state index in [1.165, 1.54) is 5.56 Å². The first-order chi connectivity index (χ1) is 14.2. The van der Waals surface area contributed by atoms with E-state index in [4.69, 9.17) is 4.42 Å². The third-order valence-electron chi connectivity index (χ3n) is 5.03. The van der Waals surface area contributed by atoms with E-state index >= 15 is 0 Å². The van der Waals surface area contributed by atoms with Crippen LogP contribution in [0.15, 0.2) is 71.3 Å². The standard InChI is InChI=1S/C24H25N3O2/c1-18-16-21-23(29-18)17-22(24(28)26-14-12-20-11-5-6-13-25-20)27(21)15-7-10-19-8-3-2-4-9-19/h2-6,8-9,11,13,16-17H,7,10,12,14-15H2,1H3,(H,26,28). The molecule has 5 heteroatoms. The molecule has 3 aromatic heterocycles. The van der Waals surface area contributed by atoms with Gasteiger partial charge in [0, 0.05) is 43.5 Å². The molecule has 1 aromatic carbocycles. The lowest BCUT2D eigenvalue weighted by molar-refractivity contribution is 0.0945. The van der Waals surface area contributed by atoms with Crippen molar-refractivity contribution >= 4 is 17.0 Å². The average molecular weight is 387 g/mol. The number of nitrogens with zero attached hydrogens (tertiary/aromatic N) is 2. The highest BCUT2D eigenvalue weighted by molar-refractivity contribution is 5.97. The van der Waals surface area contributed by atoms with Gasteiger partial charge in [0.2, 0.25) is 0 Å². The van der Waals surface area contributed by atoms with Gasteiger partial charge < -0.3 is 14.3 Å². The van der Waals surface area contributed by atoms with E-state index in [2.05, 4.69) is 39.1 Å². The van der Waals surface area contributed by atoms with Gasteiger partial charge in [0.25, 0.3) is 5.91 Å². The van der Waals surface area contributed by atoms with Crippen LogP contribution in [0.5, 0.6) is 0 Å². The summed E-state index contributed by atoms with van der Waals surface area (Å²) in [5, 5.41) is 3.02. The number of aryl methyl sites for hydroxylation is 3. The van der Waals surface area contributed by atoms with Gasteiger partial charge in [0.05, 0.1) is 5.52 Å². The minimum atomic E-state index is -0.0790. The molecule has 0 fully saturated rings. The summed E-state index contributed by atoms with van der Waals surface area (Å²) in [6.07, 6.45) is 4.40. The Morgan fingerprint density at radius 1 is 1.07 bits per heavy atom. The Balaban J connectivity index is 1.45. The topological polar surface area (TPSA) is 60.1 Å². The quantitative estimate of drug-likeness (QED) is 0.483. The molecule has 0 atom stereocenters. The normalized spacial score (nSPS) is 11.1. The Hall–Kier alpha value is -3.34. The maximum Gasteiger partial charge on any atom is 0.268 e. The number of fused-ring (bicyclic) bond motifs is 1. The number of hydrogen-bond acceptors (Lipinski definition) is 3. The predicted molar refractivity (Wildman–Crippen MR) is 114 cm³/mol. The molecule has 0 unspecified atom stereocenters. The maximum absolute atomic E-state index is 12.8. The smallest absolute Gasteiger partial charge is 0.268 e. The molecular formula is C24H25N3O2. The molecular weight excluding hydrogens is 362 g/mol. The first-order valence-electron chi connectivity index (χ1n) is 10.0. The molecule has 0 aliphatic carbocycles. The van der Waals surface area contributed by atoms with Gasteiger partial charge in [0.15, 0.2) is 5.58 Å². The molecule has 4 rings (SSSR count). The molecule has 0 radical (unpaired) electrons. The number of carbonyl (C=O) groups excluding carboxylic acids is 1. The van der Waals surface area contributed by atoms with E-state index < -0.39 is 0 Å². The van der Waals surface area contributed by atoms with Gasteiger partial charge in [-0.25, -0.2) is 0 Å². The molecule has 4 aromatic rings. The van der Waals surface area contributed by atoms with Crippen LogP contribution in [0, 0.1) is 6.92 Å². The van der Waals surface area contributed by atoms with Crippen molar-refractivity contribution in [1.29, 1.82) is 0 Å². The van der Waals surface area contributed by atoms with Crippen molar-refractivity contribution in [3.63, 3.8) is 0 Å². The van der Waals surface area contributed by atoms with Crippen molar-refractivity contribution in [3.05, 3.63) is 89.6 Å². The largest absolute Gasteiger partial charge is 0.460 e. The third kappa shape index (κ3) is 4.57. The molecule has 1 N–H and O–H groups in total. The SMILES string of the molecule is Cc1cc2c(cc(C(=O)NCCc3ccccn3)n2CCCc2ccccc2)o1. The molecule has 1 amide bonds. The molecule has 0 saturated heterocycles. The summed E-state index contributed by atoms with van der Waals surface area (Å²) in [4.78, 5) is 17.1. The molecule has 29 heavy (non-hydrogen) atoms. The summed E-state index contributed by atoms with van der Waals surface area (Å²) in [7, 11) is 0. The fourth-order valence-electron chi connectivity index (χ4n) is 3.62. The summed E-state index contributed by atoms with van der Waals surface area (Å²) in [5.74, 6) is 0.776. The number of carbonyl (C=O) groups is 1. The summed E-state index contributed by atoms with van der Waals surface area (Å²) in [6.45, 7) is 3.24. The zero-order chi connectivity index (χ0) is 20.1. The van der Waals surface area contributed by atoms with Crippen LogP contribution in [-0.2, 0) is 19.4 Å². The molecule has 5 nitrogen and oxygen atoms in total. The van der Waals surface area contributed by atoms with E-state index in [0.29, 0.717) is 18.7 Å². The highest BCUT2D eigenvalue weighted by Gasteiger charge is 2.18. The van der Waals surface area contributed by atoms with Crippen LogP contribution in [0.4, 0.5) is 0 Å². The predicted octanol–water partition coefficient (Wildman–Crippen LogP) is 4.54. The highest BCUT2D eigenvalue weighted by Crippen LogP contribution is 2.24. The Bertz CT molecular complexity index is 1080. The van der Waals surface area contributed by atoms with Crippen LogP contribution in [0.1, 0.15) is 33.9 Å². The van der Waals surface area contributed by atoms with Crippen molar-refractivity contribution in [2.75, 3.05) is 6.54 Å². The highest BCUT2D eigenvalue weighted by atomic mass is 16.3. The van der Waals surface area contributed by atoms with Crippen LogP contribution in [0.25, 0.3) is 11.1 Å². The van der Waals surface area contributed by atoms with Gasteiger partial charge in [0.1, 0.15) is 11.5 Å². The summed E-state index contributed by atoms with van der Waals surface area (Å²) < 4.78 is 7.84. The molecule has 3 heterocycles. The zero-order valence-corrected chi connectivity index (χ0v) is 16.6. The first kappa shape index (κ1) is 19.0. The second-order valence-corrected chi connectivity index (χ2v) is 7.20. The van der Waals surface area contributed by atoms with Crippen molar-refractivity contribution in [1.82, 2.24) is 14.9 Å². The van der Waals surface area contributed by atoms with Gasteiger partial charge in [-0.05, 0) is 37.5 Å². The van der Waals surface area contributed by atoms with Gasteiger partial charge in [-0.15, -0.1) is 0 Å². The van der Waals surface area contributed by atoms with Gasteiger partial charge in [-0.1, -0.05) is 36.4 Å². The number of furan rings is 1. The minimum Gasteiger partial charge on any atom is -0.460 e. The van der Waals surface area contributed by atoms with E-state index in [1.54, 1.807) is 6.20 Å². The third-order valence-corrected chi connectivity index (χ3v) is 5.03. The summed E-state index contributed by atoms with van der Waals surface area (Å²) >= 11 is 0. The minimum absolute atomic E-state index is 0.0790. The molecule has 0 aliphatic heterocycles. The number of amides is 1. The number of aromatic nitrogens is 2. The lowest BCUT2D eigenvalue weighted by Gasteiger charge is -2.11. The molecule has 0 saturated carbocycles. The van der Waals surface area contributed by atoms with Crippen LogP contribution in [-0.4, -0.2) is 22.0 Å². The van der Waals surface area contributed by atoms with Crippen LogP contribution >= 0.6 is 0 Å². The van der Waals surface area contributed by atoms with Crippen molar-refractivity contribution < 1.29 is 9.21 Å². The summed E-state index contributed by atoms with van der Waals surface area (Å²) in [5.41, 5.74) is 4.66. The number of pyridine rings is 1. The molecule has 148 valence electrons. The fourth-order valence-corrected chi connectivity index (χ4v) is 3.62. The summed E-state index contributed by atoms with van der Waals surface area (Å²) in [6, 6.07) is 20.1. The number of benzene rings is 1.